The van der Waals surface area contributed by atoms with E-state index in [-0.39, 0.29) is 22.3 Å². The molecule has 0 aliphatic carbocycles. The largest absolute Gasteiger partial charge is 0.508 e. The van der Waals surface area contributed by atoms with Crippen molar-refractivity contribution in [2.24, 2.45) is 0 Å². The number of anilines is 1. The maximum Gasteiger partial charge on any atom is 0.142 e. The number of phenols is 2. The van der Waals surface area contributed by atoms with Crippen molar-refractivity contribution >= 4 is 21.6 Å². The van der Waals surface area contributed by atoms with E-state index >= 15 is 0 Å². The minimum absolute atomic E-state index is 0.0258. The van der Waals surface area contributed by atoms with Crippen LogP contribution in [0.25, 0.3) is 0 Å². The standard InChI is InChI=1S/C21H28BrNO2/c1-20(2,3)14-10-16(21(4,5)6)19(25)17(11-14)23-12-13-9-15(22)7-8-18(13)24/h7-11,23-25H,12H2,1-6H3. The minimum Gasteiger partial charge on any atom is -0.508 e. The number of rotatable bonds is 3. The second-order valence-corrected chi connectivity index (χ2v) is 9.46. The topological polar surface area (TPSA) is 52.5 Å². The molecule has 4 heteroatoms. The SMILES string of the molecule is CC(C)(C)c1cc(NCc2cc(Br)ccc2O)c(O)c(C(C)(C)C)c1. The first-order valence-corrected chi connectivity index (χ1v) is 9.28. The molecule has 3 nitrogen and oxygen atoms in total. The zero-order valence-electron chi connectivity index (χ0n) is 15.9. The lowest BCUT2D eigenvalue weighted by Crippen LogP contribution is -2.17. The molecular weight excluding hydrogens is 378 g/mol. The lowest BCUT2D eigenvalue weighted by atomic mass is 9.79. The van der Waals surface area contributed by atoms with Crippen molar-refractivity contribution < 1.29 is 10.2 Å². The van der Waals surface area contributed by atoms with Gasteiger partial charge in [0.05, 0.1) is 5.69 Å². The Balaban J connectivity index is 2.44. The quantitative estimate of drug-likeness (QED) is 0.543. The molecular formula is C21H28BrNO2. The average Bonchev–Trinajstić information content (AvgIpc) is 2.47. The fraction of sp³-hybridized carbons (Fsp3) is 0.429. The number of phenolic OH excluding ortho intramolecular Hbond substituents is 2. The van der Waals surface area contributed by atoms with E-state index in [0.717, 1.165) is 21.2 Å². The predicted octanol–water partition coefficient (Wildman–Crippen LogP) is 6.07. The van der Waals surface area contributed by atoms with Crippen molar-refractivity contribution in [3.63, 3.8) is 0 Å². The molecule has 3 N–H and O–H groups in total. The lowest BCUT2D eigenvalue weighted by Gasteiger charge is -2.27. The molecule has 2 rings (SSSR count). The van der Waals surface area contributed by atoms with E-state index in [4.69, 9.17) is 0 Å². The molecule has 0 atom stereocenters. The van der Waals surface area contributed by atoms with Gasteiger partial charge in [-0.1, -0.05) is 63.5 Å². The summed E-state index contributed by atoms with van der Waals surface area (Å²) in [7, 11) is 0. The van der Waals surface area contributed by atoms with E-state index in [1.807, 2.05) is 12.1 Å². The Kier molecular flexibility index (Phi) is 5.43. The van der Waals surface area contributed by atoms with Gasteiger partial charge in [-0.3, -0.25) is 0 Å². The van der Waals surface area contributed by atoms with Crippen molar-refractivity contribution in [2.45, 2.75) is 58.9 Å². The first kappa shape index (κ1) is 19.6. The van der Waals surface area contributed by atoms with E-state index in [9.17, 15) is 10.2 Å². The van der Waals surface area contributed by atoms with Gasteiger partial charge < -0.3 is 15.5 Å². The van der Waals surface area contributed by atoms with Crippen molar-refractivity contribution in [1.29, 1.82) is 0 Å². The van der Waals surface area contributed by atoms with Crippen LogP contribution in [0.4, 0.5) is 5.69 Å². The molecule has 0 unspecified atom stereocenters. The third kappa shape index (κ3) is 4.69. The fourth-order valence-electron chi connectivity index (χ4n) is 2.66. The molecule has 0 radical (unpaired) electrons. The molecule has 25 heavy (non-hydrogen) atoms. The summed E-state index contributed by atoms with van der Waals surface area (Å²) in [6.45, 7) is 13.2. The van der Waals surface area contributed by atoms with Gasteiger partial charge in [0.2, 0.25) is 0 Å². The number of aromatic hydroxyl groups is 2. The Morgan fingerprint density at radius 1 is 0.920 bits per heavy atom. The number of hydrogen-bond acceptors (Lipinski definition) is 3. The van der Waals surface area contributed by atoms with Crippen molar-refractivity contribution in [3.8, 4) is 11.5 Å². The van der Waals surface area contributed by atoms with Crippen molar-refractivity contribution in [2.75, 3.05) is 5.32 Å². The zero-order valence-corrected chi connectivity index (χ0v) is 17.5. The average molecular weight is 406 g/mol. The monoisotopic (exact) mass is 405 g/mol. The highest BCUT2D eigenvalue weighted by atomic mass is 79.9. The number of nitrogens with one attached hydrogen (secondary N) is 1. The second-order valence-electron chi connectivity index (χ2n) is 8.55. The van der Waals surface area contributed by atoms with Gasteiger partial charge in [-0.05, 0) is 40.7 Å². The van der Waals surface area contributed by atoms with E-state index in [0.29, 0.717) is 12.2 Å². The van der Waals surface area contributed by atoms with E-state index in [1.54, 1.807) is 12.1 Å². The molecule has 0 saturated carbocycles. The van der Waals surface area contributed by atoms with Gasteiger partial charge in [0.15, 0.2) is 0 Å². The molecule has 136 valence electrons. The predicted molar refractivity (Wildman–Crippen MR) is 109 cm³/mol. The maximum absolute atomic E-state index is 10.8. The molecule has 0 amide bonds. The molecule has 2 aromatic carbocycles. The Bertz CT molecular complexity index is 771. The second kappa shape index (κ2) is 6.91. The van der Waals surface area contributed by atoms with E-state index in [1.165, 1.54) is 0 Å². The van der Waals surface area contributed by atoms with Crippen molar-refractivity contribution in [3.05, 3.63) is 51.5 Å². The summed E-state index contributed by atoms with van der Waals surface area (Å²) in [5.74, 6) is 0.508. The number of hydrogen-bond donors (Lipinski definition) is 3. The Morgan fingerprint density at radius 3 is 2.12 bits per heavy atom. The summed E-state index contributed by atoms with van der Waals surface area (Å²) in [4.78, 5) is 0. The van der Waals surface area contributed by atoms with Gasteiger partial charge >= 0.3 is 0 Å². The number of benzene rings is 2. The number of halogens is 1. The minimum atomic E-state index is -0.167. The molecule has 0 spiro atoms. The van der Waals surface area contributed by atoms with Gasteiger partial charge in [-0.25, -0.2) is 0 Å². The van der Waals surface area contributed by atoms with Crippen LogP contribution in [0, 0.1) is 0 Å². The molecule has 0 fully saturated rings. The lowest BCUT2D eigenvalue weighted by molar-refractivity contribution is 0.446. The highest BCUT2D eigenvalue weighted by Crippen LogP contribution is 2.40. The fourth-order valence-corrected chi connectivity index (χ4v) is 3.07. The molecule has 0 aromatic heterocycles. The smallest absolute Gasteiger partial charge is 0.142 e. The Morgan fingerprint density at radius 2 is 1.56 bits per heavy atom. The zero-order chi connectivity index (χ0) is 19.0. The summed E-state index contributed by atoms with van der Waals surface area (Å²) < 4.78 is 0.908. The molecule has 2 aromatic rings. The summed E-state index contributed by atoms with van der Waals surface area (Å²) in [6, 6.07) is 9.43. The van der Waals surface area contributed by atoms with Gasteiger partial charge in [0.1, 0.15) is 11.5 Å². The van der Waals surface area contributed by atoms with Gasteiger partial charge in [-0.15, -0.1) is 0 Å². The highest BCUT2D eigenvalue weighted by molar-refractivity contribution is 9.10. The first-order valence-electron chi connectivity index (χ1n) is 8.49. The normalized spacial score (nSPS) is 12.3. The van der Waals surface area contributed by atoms with Gasteiger partial charge in [-0.2, -0.15) is 0 Å². The third-order valence-electron chi connectivity index (χ3n) is 4.29. The molecule has 0 aliphatic rings. The maximum atomic E-state index is 10.8. The van der Waals surface area contributed by atoms with Crippen LogP contribution in [0.5, 0.6) is 11.5 Å². The molecule has 0 bridgehead atoms. The molecule has 0 aliphatic heterocycles. The molecule has 0 saturated heterocycles. The van der Waals surface area contributed by atoms with Crippen LogP contribution in [0.2, 0.25) is 0 Å². The van der Waals surface area contributed by atoms with Crippen LogP contribution in [0.3, 0.4) is 0 Å². The van der Waals surface area contributed by atoms with E-state index in [2.05, 4.69) is 68.9 Å². The molecule has 0 heterocycles. The third-order valence-corrected chi connectivity index (χ3v) is 4.79. The van der Waals surface area contributed by atoms with Gasteiger partial charge in [0.25, 0.3) is 0 Å². The summed E-state index contributed by atoms with van der Waals surface area (Å²) in [5.41, 5.74) is 3.35. The van der Waals surface area contributed by atoms with Gasteiger partial charge in [0, 0.05) is 22.1 Å². The van der Waals surface area contributed by atoms with Crippen LogP contribution in [-0.4, -0.2) is 10.2 Å². The van der Waals surface area contributed by atoms with Crippen LogP contribution in [-0.2, 0) is 17.4 Å². The summed E-state index contributed by atoms with van der Waals surface area (Å²) >= 11 is 3.42. The Hall–Kier alpha value is -1.68. The highest BCUT2D eigenvalue weighted by Gasteiger charge is 2.25. The Labute approximate surface area is 159 Å². The van der Waals surface area contributed by atoms with Crippen molar-refractivity contribution in [1.82, 2.24) is 0 Å². The van der Waals surface area contributed by atoms with Crippen LogP contribution < -0.4 is 5.32 Å². The summed E-state index contributed by atoms with van der Waals surface area (Å²) in [6.07, 6.45) is 0. The van der Waals surface area contributed by atoms with Crippen LogP contribution >= 0.6 is 15.9 Å². The summed E-state index contributed by atoms with van der Waals surface area (Å²) in [5, 5.41) is 24.1. The van der Waals surface area contributed by atoms with Crippen LogP contribution in [0.1, 0.15) is 58.2 Å². The van der Waals surface area contributed by atoms with Crippen LogP contribution in [0.15, 0.2) is 34.8 Å². The first-order chi connectivity index (χ1) is 11.4. The van der Waals surface area contributed by atoms with E-state index < -0.39 is 0 Å².